The van der Waals surface area contributed by atoms with Gasteiger partial charge < -0.3 is 4.74 Å². The molecule has 2 atom stereocenters. The summed E-state index contributed by atoms with van der Waals surface area (Å²) in [6, 6.07) is 10.2. The number of benzene rings is 1. The first-order valence-electron chi connectivity index (χ1n) is 7.09. The molecule has 1 aromatic carbocycles. The third-order valence-corrected chi connectivity index (χ3v) is 10.8. The second-order valence-corrected chi connectivity index (χ2v) is 12.6. The minimum atomic E-state index is -2.09. The molecule has 1 nitrogen and oxygen atoms in total. The minimum absolute atomic E-state index is 0.0171. The van der Waals surface area contributed by atoms with Crippen molar-refractivity contribution in [3.63, 3.8) is 0 Å². The molecule has 0 bridgehead atoms. The summed E-state index contributed by atoms with van der Waals surface area (Å²) in [6.07, 6.45) is 1.48. The van der Waals surface area contributed by atoms with Crippen LogP contribution in [0.25, 0.3) is 0 Å². The maximum atomic E-state index is 15.0. The predicted molar refractivity (Wildman–Crippen MR) is 80.7 cm³/mol. The van der Waals surface area contributed by atoms with Gasteiger partial charge in [-0.2, -0.15) is 0 Å². The summed E-state index contributed by atoms with van der Waals surface area (Å²) >= 11 is 0. The van der Waals surface area contributed by atoms with Crippen molar-refractivity contribution in [3.8, 4) is 0 Å². The molecule has 19 heavy (non-hydrogen) atoms. The average molecular weight is 280 g/mol. The van der Waals surface area contributed by atoms with E-state index in [-0.39, 0.29) is 11.1 Å². The van der Waals surface area contributed by atoms with Crippen LogP contribution in [0.3, 0.4) is 0 Å². The number of alkyl halides is 1. The summed E-state index contributed by atoms with van der Waals surface area (Å²) in [4.78, 5) is 0. The molecule has 2 unspecified atom stereocenters. The molecule has 3 heteroatoms. The molecule has 1 fully saturated rings. The topological polar surface area (TPSA) is 12.5 Å². The van der Waals surface area contributed by atoms with E-state index in [9.17, 15) is 4.39 Å². The lowest BCUT2D eigenvalue weighted by molar-refractivity contribution is 0.207. The van der Waals surface area contributed by atoms with E-state index in [0.29, 0.717) is 0 Å². The Morgan fingerprint density at radius 3 is 2.32 bits per heavy atom. The zero-order valence-corrected chi connectivity index (χ0v) is 13.7. The van der Waals surface area contributed by atoms with Gasteiger partial charge in [-0.1, -0.05) is 64.2 Å². The molecule has 0 N–H and O–H groups in total. The van der Waals surface area contributed by atoms with E-state index in [1.54, 1.807) is 0 Å². The van der Waals surface area contributed by atoms with Gasteiger partial charge in [-0.25, -0.2) is 4.39 Å². The van der Waals surface area contributed by atoms with Gasteiger partial charge in [0.2, 0.25) is 5.48 Å². The maximum absolute atomic E-state index is 15.0. The van der Waals surface area contributed by atoms with Crippen LogP contribution < -0.4 is 0 Å². The van der Waals surface area contributed by atoms with Crippen LogP contribution in [0.1, 0.15) is 32.8 Å². The summed E-state index contributed by atoms with van der Waals surface area (Å²) in [5.41, 5.74) is -0.0735. The Hall–Kier alpha value is -0.673. The molecule has 1 aliphatic rings. The van der Waals surface area contributed by atoms with E-state index in [1.807, 2.05) is 18.2 Å². The van der Waals surface area contributed by atoms with Crippen LogP contribution in [0, 0.1) is 0 Å². The van der Waals surface area contributed by atoms with E-state index in [0.717, 1.165) is 12.8 Å². The molecule has 2 rings (SSSR count). The Bertz CT molecular complexity index is 438. The fraction of sp³-hybridized carbons (Fsp3) is 0.625. The van der Waals surface area contributed by atoms with Gasteiger partial charge in [0, 0.05) is 0 Å². The number of hydrogen-bond donors (Lipinski definition) is 0. The second kappa shape index (κ2) is 4.71. The van der Waals surface area contributed by atoms with Gasteiger partial charge in [-0.3, -0.25) is 0 Å². The summed E-state index contributed by atoms with van der Waals surface area (Å²) in [7, 11) is -2.09. The fourth-order valence-corrected chi connectivity index (χ4v) is 4.83. The fourth-order valence-electron chi connectivity index (χ4n) is 2.42. The second-order valence-electron chi connectivity index (χ2n) is 7.15. The summed E-state index contributed by atoms with van der Waals surface area (Å²) in [5.74, 6) is 0. The van der Waals surface area contributed by atoms with E-state index < -0.39 is 13.6 Å². The van der Waals surface area contributed by atoms with E-state index in [1.165, 1.54) is 5.56 Å². The van der Waals surface area contributed by atoms with Crippen molar-refractivity contribution in [1.29, 1.82) is 0 Å². The van der Waals surface area contributed by atoms with Crippen LogP contribution in [-0.4, -0.2) is 19.7 Å². The largest absolute Gasteiger partial charge is 0.338 e. The predicted octanol–water partition coefficient (Wildman–Crippen LogP) is 4.73. The Morgan fingerprint density at radius 1 is 1.21 bits per heavy atom. The smallest absolute Gasteiger partial charge is 0.217 e. The standard InChI is InChI=1S/C16H25FOSi/c1-15(2,3)19(4,5)16(17)14(18-16)12-11-13-9-7-6-8-10-13/h6-10,14H,11-12H2,1-5H3. The monoisotopic (exact) mass is 280 g/mol. The number of ether oxygens (including phenoxy) is 1. The summed E-state index contributed by atoms with van der Waals surface area (Å²) in [6.45, 7) is 10.6. The first-order chi connectivity index (χ1) is 8.68. The normalized spacial score (nSPS) is 27.4. The first-order valence-corrected chi connectivity index (χ1v) is 10.1. The molecule has 0 spiro atoms. The Labute approximate surface area is 117 Å². The van der Waals surface area contributed by atoms with Crippen LogP contribution in [-0.2, 0) is 11.2 Å². The van der Waals surface area contributed by atoms with Crippen LogP contribution in [0.2, 0.25) is 18.1 Å². The van der Waals surface area contributed by atoms with E-state index in [4.69, 9.17) is 4.74 Å². The number of rotatable bonds is 4. The number of hydrogen-bond acceptors (Lipinski definition) is 1. The number of aryl methyl sites for hydroxylation is 1. The molecule has 0 saturated carbocycles. The molecule has 1 heterocycles. The lowest BCUT2D eigenvalue weighted by Gasteiger charge is -2.37. The van der Waals surface area contributed by atoms with E-state index in [2.05, 4.69) is 46.0 Å². The van der Waals surface area contributed by atoms with Gasteiger partial charge in [-0.15, -0.1) is 0 Å². The minimum Gasteiger partial charge on any atom is -0.338 e. The van der Waals surface area contributed by atoms with E-state index >= 15 is 0 Å². The average Bonchev–Trinajstić information content (AvgIpc) is 3.00. The quantitative estimate of drug-likeness (QED) is 0.573. The first kappa shape index (κ1) is 14.7. The van der Waals surface area contributed by atoms with Gasteiger partial charge >= 0.3 is 0 Å². The van der Waals surface area contributed by atoms with Gasteiger partial charge in [0.25, 0.3) is 0 Å². The van der Waals surface area contributed by atoms with Gasteiger partial charge in [0.15, 0.2) is 0 Å². The zero-order chi connectivity index (χ0) is 14.3. The third-order valence-electron chi connectivity index (χ3n) is 4.94. The highest BCUT2D eigenvalue weighted by atomic mass is 28.3. The van der Waals surface area contributed by atoms with Crippen molar-refractivity contribution in [2.24, 2.45) is 0 Å². The number of halogens is 1. The highest BCUT2D eigenvalue weighted by molar-refractivity contribution is 6.83. The highest BCUT2D eigenvalue weighted by Crippen LogP contribution is 2.56. The highest BCUT2D eigenvalue weighted by Gasteiger charge is 2.70. The summed E-state index contributed by atoms with van der Waals surface area (Å²) in [5, 5.41) is 0.0171. The molecular formula is C16H25FOSi. The molecular weight excluding hydrogens is 255 g/mol. The van der Waals surface area contributed by atoms with Crippen LogP contribution >= 0.6 is 0 Å². The zero-order valence-electron chi connectivity index (χ0n) is 12.7. The third kappa shape index (κ3) is 2.63. The molecule has 106 valence electrons. The van der Waals surface area contributed by atoms with Crippen LogP contribution in [0.5, 0.6) is 0 Å². The van der Waals surface area contributed by atoms with Crippen molar-refractivity contribution in [2.45, 2.75) is 63.3 Å². The summed E-state index contributed by atoms with van der Waals surface area (Å²) < 4.78 is 20.5. The Kier molecular flexibility index (Phi) is 3.65. The molecule has 0 aliphatic carbocycles. The number of epoxide rings is 1. The molecule has 0 aromatic heterocycles. The molecule has 1 aliphatic heterocycles. The van der Waals surface area contributed by atoms with Gasteiger partial charge in [0.05, 0.1) is 0 Å². The van der Waals surface area contributed by atoms with Crippen molar-refractivity contribution >= 4 is 8.07 Å². The Balaban J connectivity index is 1.97. The molecule has 0 radical (unpaired) electrons. The lowest BCUT2D eigenvalue weighted by atomic mass is 10.1. The van der Waals surface area contributed by atoms with Crippen molar-refractivity contribution in [1.82, 2.24) is 0 Å². The molecule has 0 amide bonds. The SMILES string of the molecule is CC(C)(C)[Si](C)(C)C1(F)OC1CCc1ccccc1. The molecule has 1 saturated heterocycles. The van der Waals surface area contributed by atoms with Gasteiger partial charge in [-0.05, 0) is 23.4 Å². The van der Waals surface area contributed by atoms with Crippen molar-refractivity contribution in [2.75, 3.05) is 0 Å². The van der Waals surface area contributed by atoms with Gasteiger partial charge in [0.1, 0.15) is 14.2 Å². The van der Waals surface area contributed by atoms with Crippen LogP contribution in [0.15, 0.2) is 30.3 Å². The van der Waals surface area contributed by atoms with Crippen molar-refractivity contribution < 1.29 is 9.13 Å². The van der Waals surface area contributed by atoms with Crippen molar-refractivity contribution in [3.05, 3.63) is 35.9 Å². The maximum Gasteiger partial charge on any atom is 0.217 e. The van der Waals surface area contributed by atoms with Crippen LogP contribution in [0.4, 0.5) is 4.39 Å². The lowest BCUT2D eigenvalue weighted by Crippen LogP contribution is -2.51. The molecule has 1 aromatic rings. The Morgan fingerprint density at radius 2 is 1.79 bits per heavy atom.